The Kier molecular flexibility index (Phi) is 43.5. The minimum absolute atomic E-state index is 0.0417. The molecule has 0 N–H and O–H groups in total. The summed E-state index contributed by atoms with van der Waals surface area (Å²) in [6.45, 7) is 49.4. The molecule has 51 heavy (non-hydrogen) atoms. The van der Waals surface area contributed by atoms with Gasteiger partial charge in [0, 0.05) is 47.8 Å². The van der Waals surface area contributed by atoms with E-state index in [1.54, 1.807) is 21.3 Å². The maximum Gasteiger partial charge on any atom is 0.180 e. The Morgan fingerprint density at radius 2 is 0.667 bits per heavy atom. The molecule has 0 atom stereocenters. The molecule has 0 radical (unpaired) electrons. The second-order valence-corrected chi connectivity index (χ2v) is 18.1. The van der Waals surface area contributed by atoms with Gasteiger partial charge in [0.25, 0.3) is 0 Å². The molecule has 0 saturated carbocycles. The van der Waals surface area contributed by atoms with E-state index in [-0.39, 0.29) is 39.9 Å². The number of methoxy groups -OCH3 is 3. The van der Waals surface area contributed by atoms with Gasteiger partial charge < -0.3 is 37.9 Å². The van der Waals surface area contributed by atoms with Crippen LogP contribution in [0.15, 0.2) is 0 Å². The Morgan fingerprint density at radius 3 is 0.863 bits per heavy atom. The molecular formula is C43H98O8. The van der Waals surface area contributed by atoms with Crippen LogP contribution < -0.4 is 0 Å². The fourth-order valence-corrected chi connectivity index (χ4v) is 2.64. The zero-order chi connectivity index (χ0) is 42.0. The fourth-order valence-electron chi connectivity index (χ4n) is 2.64. The number of rotatable bonds is 14. The smallest absolute Gasteiger partial charge is 0.180 e. The summed E-state index contributed by atoms with van der Waals surface area (Å²) in [7, 11) is 4.90. The van der Waals surface area contributed by atoms with E-state index in [1.165, 1.54) is 32.1 Å². The van der Waals surface area contributed by atoms with Crippen LogP contribution in [0.4, 0.5) is 0 Å². The summed E-state index contributed by atoms with van der Waals surface area (Å²) in [6, 6.07) is 0. The van der Waals surface area contributed by atoms with Crippen LogP contribution in [0.2, 0.25) is 0 Å². The Bertz CT molecular complexity index is 650. The molecule has 0 amide bonds. The van der Waals surface area contributed by atoms with Crippen LogP contribution >= 0.6 is 0 Å². The van der Waals surface area contributed by atoms with Gasteiger partial charge in [-0.3, -0.25) is 0 Å². The summed E-state index contributed by atoms with van der Waals surface area (Å²) in [5.41, 5.74) is 0.114. The lowest BCUT2D eigenvalue weighted by Gasteiger charge is -2.22. The first-order valence-corrected chi connectivity index (χ1v) is 19.6. The van der Waals surface area contributed by atoms with E-state index in [9.17, 15) is 0 Å². The molecule has 0 aliphatic carbocycles. The van der Waals surface area contributed by atoms with E-state index in [0.717, 1.165) is 32.8 Å². The van der Waals surface area contributed by atoms with Crippen molar-refractivity contribution in [2.45, 2.75) is 231 Å². The molecule has 0 heterocycles. The summed E-state index contributed by atoms with van der Waals surface area (Å²) < 4.78 is 41.9. The molecule has 0 fully saturated rings. The summed E-state index contributed by atoms with van der Waals surface area (Å²) in [5.74, 6) is 0. The molecule has 8 nitrogen and oxygen atoms in total. The van der Waals surface area contributed by atoms with Gasteiger partial charge >= 0.3 is 0 Å². The van der Waals surface area contributed by atoms with E-state index in [2.05, 4.69) is 104 Å². The van der Waals surface area contributed by atoms with Crippen molar-refractivity contribution in [3.05, 3.63) is 0 Å². The van der Waals surface area contributed by atoms with Crippen molar-refractivity contribution < 1.29 is 37.9 Å². The highest BCUT2D eigenvalue weighted by molar-refractivity contribution is 4.60. The standard InChI is InChI=1S/C9H20O.C8H18O3.C8H18O.C7H16O.C6H14O.C5H12O/c1-5-6-7-8-10-9(2,3)4;1-8(2,3)11-6-7(9-4)10-5;1-5-6-7-9-8(2,3)4;1-5-6-8-7(2,3)4;1-5-7-6(2,3)4;1-5(2,3)6-4/h5-8H2,1-4H3;7H,6H2,1-5H3;5-7H2,1-4H3;5-6H2,1-4H3;5H2,1-4H3;1-4H3. The zero-order valence-corrected chi connectivity index (χ0v) is 39.6. The van der Waals surface area contributed by atoms with Gasteiger partial charge in [-0.05, 0) is 151 Å². The highest BCUT2D eigenvalue weighted by Crippen LogP contribution is 2.10. The van der Waals surface area contributed by atoms with Gasteiger partial charge in [-0.2, -0.15) is 0 Å². The van der Waals surface area contributed by atoms with Crippen LogP contribution in [0, 0.1) is 0 Å². The lowest BCUT2D eigenvalue weighted by atomic mass is 10.2. The average molecular weight is 743 g/mol. The van der Waals surface area contributed by atoms with Gasteiger partial charge in [-0.25, -0.2) is 0 Å². The van der Waals surface area contributed by atoms with Crippen LogP contribution in [-0.4, -0.2) is 94.3 Å². The van der Waals surface area contributed by atoms with Gasteiger partial charge in [0.2, 0.25) is 0 Å². The fraction of sp³-hybridized carbons (Fsp3) is 1.00. The normalized spacial score (nSPS) is 12.1. The van der Waals surface area contributed by atoms with Crippen LogP contribution in [0.1, 0.15) is 191 Å². The minimum atomic E-state index is -0.255. The predicted molar refractivity (Wildman–Crippen MR) is 223 cm³/mol. The van der Waals surface area contributed by atoms with Gasteiger partial charge in [0.1, 0.15) is 0 Å². The lowest BCUT2D eigenvalue weighted by Crippen LogP contribution is -2.28. The minimum Gasteiger partial charge on any atom is -0.379 e. The number of unbranched alkanes of at least 4 members (excludes halogenated alkanes) is 3. The van der Waals surface area contributed by atoms with Crippen molar-refractivity contribution in [1.82, 2.24) is 0 Å². The summed E-state index contributed by atoms with van der Waals surface area (Å²) in [5, 5.41) is 0. The maximum absolute atomic E-state index is 5.53. The second-order valence-electron chi connectivity index (χ2n) is 18.1. The van der Waals surface area contributed by atoms with Gasteiger partial charge in [-0.1, -0.05) is 40.0 Å². The topological polar surface area (TPSA) is 73.8 Å². The largest absolute Gasteiger partial charge is 0.379 e. The van der Waals surface area contributed by atoms with Crippen LogP contribution in [0.25, 0.3) is 0 Å². The molecule has 0 rings (SSSR count). The molecule has 0 aliphatic heterocycles. The Balaban J connectivity index is -0.000000120. The third-order valence-electron chi connectivity index (χ3n) is 5.42. The number of hydrogen-bond acceptors (Lipinski definition) is 8. The molecule has 0 saturated heterocycles. The Hall–Kier alpha value is -0.320. The van der Waals surface area contributed by atoms with Crippen LogP contribution in [0.3, 0.4) is 0 Å². The maximum atomic E-state index is 5.53. The van der Waals surface area contributed by atoms with Crippen molar-refractivity contribution in [2.75, 3.05) is 54.4 Å². The van der Waals surface area contributed by atoms with E-state index in [4.69, 9.17) is 37.9 Å². The molecule has 8 heteroatoms. The highest BCUT2D eigenvalue weighted by atomic mass is 16.7. The molecule has 0 aliphatic rings. The first-order chi connectivity index (χ1) is 22.8. The summed E-state index contributed by atoms with van der Waals surface area (Å²) >= 11 is 0. The zero-order valence-electron chi connectivity index (χ0n) is 39.6. The van der Waals surface area contributed by atoms with Crippen molar-refractivity contribution in [1.29, 1.82) is 0 Å². The molecule has 0 unspecified atom stereocenters. The quantitative estimate of drug-likeness (QED) is 0.129. The Labute approximate surface area is 322 Å². The molecule has 0 aromatic rings. The Morgan fingerprint density at radius 1 is 0.353 bits per heavy atom. The second kappa shape index (κ2) is 35.4. The van der Waals surface area contributed by atoms with Crippen LogP contribution in [0.5, 0.6) is 0 Å². The van der Waals surface area contributed by atoms with Crippen LogP contribution in [-0.2, 0) is 37.9 Å². The van der Waals surface area contributed by atoms with E-state index in [1.807, 2.05) is 48.5 Å². The molecule has 0 aromatic carbocycles. The number of ether oxygens (including phenoxy) is 8. The van der Waals surface area contributed by atoms with Crippen molar-refractivity contribution in [2.24, 2.45) is 0 Å². The molecule has 0 spiro atoms. The molecule has 0 bridgehead atoms. The van der Waals surface area contributed by atoms with E-state index >= 15 is 0 Å². The summed E-state index contributed by atoms with van der Waals surface area (Å²) in [4.78, 5) is 0. The SMILES string of the molecule is CCCCCOC(C)(C)C.CCCCOC(C)(C)C.CCCOC(C)(C)C.CCOC(C)(C)C.COC(C)(C)C.COC(COC(C)(C)C)OC. The summed E-state index contributed by atoms with van der Waals surface area (Å²) in [6.07, 6.45) is 7.01. The van der Waals surface area contributed by atoms with Gasteiger partial charge in [-0.15, -0.1) is 0 Å². The highest BCUT2D eigenvalue weighted by Gasteiger charge is 2.14. The first-order valence-electron chi connectivity index (χ1n) is 19.6. The van der Waals surface area contributed by atoms with Gasteiger partial charge in [0.05, 0.1) is 40.2 Å². The monoisotopic (exact) mass is 743 g/mol. The lowest BCUT2D eigenvalue weighted by molar-refractivity contribution is -0.163. The average Bonchev–Trinajstić information content (AvgIpc) is 2.94. The first kappa shape index (κ1) is 62.7. The van der Waals surface area contributed by atoms with E-state index in [0.29, 0.717) is 6.61 Å². The number of hydrogen-bond donors (Lipinski definition) is 0. The van der Waals surface area contributed by atoms with Crippen molar-refractivity contribution in [3.63, 3.8) is 0 Å². The molecular weight excluding hydrogens is 644 g/mol. The molecule has 0 aromatic heterocycles. The van der Waals surface area contributed by atoms with Crippen molar-refractivity contribution >= 4 is 0 Å². The predicted octanol–water partition coefficient (Wildman–Crippen LogP) is 12.5. The molecule has 318 valence electrons. The van der Waals surface area contributed by atoms with Crippen molar-refractivity contribution in [3.8, 4) is 0 Å². The van der Waals surface area contributed by atoms with Gasteiger partial charge in [0.15, 0.2) is 6.29 Å². The third kappa shape index (κ3) is 93.9. The third-order valence-corrected chi connectivity index (χ3v) is 5.42. The van der Waals surface area contributed by atoms with E-state index < -0.39 is 0 Å².